The number of nitrogens with zero attached hydrogens (tertiary/aromatic N) is 1. The van der Waals surface area contributed by atoms with Crippen LogP contribution in [0.15, 0.2) is 30.3 Å². The molecule has 17 heavy (non-hydrogen) atoms. The van der Waals surface area contributed by atoms with E-state index in [1.165, 1.54) is 5.56 Å². The first kappa shape index (κ1) is 12.1. The topological polar surface area (TPSA) is 58.4 Å². The van der Waals surface area contributed by atoms with Crippen molar-refractivity contribution in [3.05, 3.63) is 35.9 Å². The van der Waals surface area contributed by atoms with Crippen molar-refractivity contribution in [1.82, 2.24) is 10.2 Å². The van der Waals surface area contributed by atoms with Crippen LogP contribution >= 0.6 is 0 Å². The van der Waals surface area contributed by atoms with Crippen LogP contribution in [-0.4, -0.2) is 43.0 Å². The van der Waals surface area contributed by atoms with Gasteiger partial charge in [0.2, 0.25) is 5.91 Å². The fraction of sp³-hybridized carbons (Fsp3) is 0.462. The number of amides is 1. The summed E-state index contributed by atoms with van der Waals surface area (Å²) < 4.78 is 0. The summed E-state index contributed by atoms with van der Waals surface area (Å²) in [6, 6.07) is 10.7. The second-order valence-electron chi connectivity index (χ2n) is 4.38. The van der Waals surface area contributed by atoms with Crippen molar-refractivity contribution in [2.45, 2.75) is 12.5 Å². The molecule has 0 aliphatic carbocycles. The highest BCUT2D eigenvalue weighted by Gasteiger charge is 2.22. The number of hydrogen-bond acceptors (Lipinski definition) is 3. The molecule has 1 atom stereocenters. The summed E-state index contributed by atoms with van der Waals surface area (Å²) in [5.74, 6) is 0.0459. The van der Waals surface area contributed by atoms with Gasteiger partial charge in [-0.15, -0.1) is 0 Å². The molecule has 1 aliphatic heterocycles. The molecule has 0 aromatic heterocycles. The number of rotatable bonds is 3. The van der Waals surface area contributed by atoms with Gasteiger partial charge in [0.05, 0.1) is 6.54 Å². The molecule has 0 saturated carbocycles. The second kappa shape index (κ2) is 5.80. The number of carbonyl (C=O) groups is 1. The Bertz CT molecular complexity index is 366. The smallest absolute Gasteiger partial charge is 0.236 e. The molecule has 1 amide bonds. The van der Waals surface area contributed by atoms with E-state index in [2.05, 4.69) is 17.4 Å². The molecule has 92 valence electrons. The molecule has 1 aliphatic rings. The Morgan fingerprint density at radius 1 is 1.41 bits per heavy atom. The Balaban J connectivity index is 1.92. The van der Waals surface area contributed by atoms with Gasteiger partial charge in [-0.05, 0) is 12.0 Å². The van der Waals surface area contributed by atoms with Gasteiger partial charge < -0.3 is 16.0 Å². The van der Waals surface area contributed by atoms with Crippen LogP contribution in [0.5, 0.6) is 0 Å². The Morgan fingerprint density at radius 2 is 2.18 bits per heavy atom. The van der Waals surface area contributed by atoms with Gasteiger partial charge in [0.25, 0.3) is 0 Å². The lowest BCUT2D eigenvalue weighted by Crippen LogP contribution is -2.54. The Morgan fingerprint density at radius 3 is 2.88 bits per heavy atom. The lowest BCUT2D eigenvalue weighted by Gasteiger charge is -2.33. The van der Waals surface area contributed by atoms with Gasteiger partial charge >= 0.3 is 0 Å². The van der Waals surface area contributed by atoms with Crippen molar-refractivity contribution in [1.29, 1.82) is 0 Å². The lowest BCUT2D eigenvalue weighted by atomic mass is 10.0. The van der Waals surface area contributed by atoms with Crippen molar-refractivity contribution < 1.29 is 4.79 Å². The highest BCUT2D eigenvalue weighted by Crippen LogP contribution is 2.07. The van der Waals surface area contributed by atoms with Gasteiger partial charge in [-0.3, -0.25) is 4.79 Å². The quantitative estimate of drug-likeness (QED) is 0.772. The van der Waals surface area contributed by atoms with Crippen molar-refractivity contribution in [3.63, 3.8) is 0 Å². The van der Waals surface area contributed by atoms with E-state index in [1.54, 1.807) is 0 Å². The van der Waals surface area contributed by atoms with Gasteiger partial charge in [0, 0.05) is 25.7 Å². The zero-order chi connectivity index (χ0) is 12.1. The van der Waals surface area contributed by atoms with Crippen molar-refractivity contribution in [3.8, 4) is 0 Å². The standard InChI is InChI=1S/C13H19N3O/c14-9-13(17)16-7-6-15-12(10-16)8-11-4-2-1-3-5-11/h1-5,12,15H,6-10,14H2. The van der Waals surface area contributed by atoms with Gasteiger partial charge in [-0.25, -0.2) is 0 Å². The van der Waals surface area contributed by atoms with E-state index in [4.69, 9.17) is 5.73 Å². The van der Waals surface area contributed by atoms with E-state index in [-0.39, 0.29) is 12.5 Å². The van der Waals surface area contributed by atoms with Gasteiger partial charge in [-0.1, -0.05) is 30.3 Å². The molecule has 4 heteroatoms. The highest BCUT2D eigenvalue weighted by molar-refractivity contribution is 5.78. The fourth-order valence-electron chi connectivity index (χ4n) is 2.22. The molecular formula is C13H19N3O. The maximum atomic E-state index is 11.5. The molecule has 0 spiro atoms. The van der Waals surface area contributed by atoms with E-state index in [1.807, 2.05) is 23.1 Å². The van der Waals surface area contributed by atoms with E-state index in [0.717, 1.165) is 26.1 Å². The largest absolute Gasteiger partial charge is 0.339 e. The summed E-state index contributed by atoms with van der Waals surface area (Å²) in [4.78, 5) is 13.4. The van der Waals surface area contributed by atoms with E-state index in [0.29, 0.717) is 6.04 Å². The van der Waals surface area contributed by atoms with E-state index in [9.17, 15) is 4.79 Å². The first-order valence-corrected chi connectivity index (χ1v) is 6.04. The normalized spacial score (nSPS) is 20.3. The number of benzene rings is 1. The minimum Gasteiger partial charge on any atom is -0.339 e. The number of hydrogen-bond donors (Lipinski definition) is 2. The highest BCUT2D eigenvalue weighted by atomic mass is 16.2. The number of nitrogens with one attached hydrogen (secondary N) is 1. The molecule has 4 nitrogen and oxygen atoms in total. The minimum atomic E-state index is 0.0459. The van der Waals surface area contributed by atoms with Gasteiger partial charge in [0.15, 0.2) is 0 Å². The average molecular weight is 233 g/mol. The third-order valence-electron chi connectivity index (χ3n) is 3.11. The summed E-state index contributed by atoms with van der Waals surface area (Å²) in [5.41, 5.74) is 6.69. The van der Waals surface area contributed by atoms with Gasteiger partial charge in [0.1, 0.15) is 0 Å². The number of nitrogens with two attached hydrogens (primary N) is 1. The van der Waals surface area contributed by atoms with Gasteiger partial charge in [-0.2, -0.15) is 0 Å². The predicted octanol–water partition coefficient (Wildman–Crippen LogP) is -0.0118. The van der Waals surface area contributed by atoms with Crippen LogP contribution in [0.25, 0.3) is 0 Å². The van der Waals surface area contributed by atoms with Crippen molar-refractivity contribution >= 4 is 5.91 Å². The van der Waals surface area contributed by atoms with Crippen molar-refractivity contribution in [2.24, 2.45) is 5.73 Å². The third-order valence-corrected chi connectivity index (χ3v) is 3.11. The number of piperazine rings is 1. The number of carbonyl (C=O) groups excluding carboxylic acids is 1. The summed E-state index contributed by atoms with van der Waals surface area (Å²) in [6.45, 7) is 2.48. The molecule has 1 fully saturated rings. The maximum absolute atomic E-state index is 11.5. The van der Waals surface area contributed by atoms with Crippen LogP contribution in [0, 0.1) is 0 Å². The van der Waals surface area contributed by atoms with Crippen LogP contribution in [-0.2, 0) is 11.2 Å². The summed E-state index contributed by atoms with van der Waals surface area (Å²) >= 11 is 0. The van der Waals surface area contributed by atoms with E-state index >= 15 is 0 Å². The Kier molecular flexibility index (Phi) is 4.12. The van der Waals surface area contributed by atoms with E-state index < -0.39 is 0 Å². The lowest BCUT2D eigenvalue weighted by molar-refractivity contribution is -0.130. The first-order chi connectivity index (χ1) is 8.29. The SMILES string of the molecule is NCC(=O)N1CCNC(Cc2ccccc2)C1. The second-order valence-corrected chi connectivity index (χ2v) is 4.38. The first-order valence-electron chi connectivity index (χ1n) is 6.04. The molecular weight excluding hydrogens is 214 g/mol. The van der Waals surface area contributed by atoms with Crippen LogP contribution < -0.4 is 11.1 Å². The minimum absolute atomic E-state index is 0.0459. The Hall–Kier alpha value is -1.39. The molecule has 1 aromatic rings. The summed E-state index contributed by atoms with van der Waals surface area (Å²) in [5, 5.41) is 3.44. The zero-order valence-corrected chi connectivity index (χ0v) is 9.93. The molecule has 2 rings (SSSR count). The van der Waals surface area contributed by atoms with Crippen molar-refractivity contribution in [2.75, 3.05) is 26.2 Å². The summed E-state index contributed by atoms with van der Waals surface area (Å²) in [7, 11) is 0. The monoisotopic (exact) mass is 233 g/mol. The molecule has 0 bridgehead atoms. The van der Waals surface area contributed by atoms with Crippen LogP contribution in [0.1, 0.15) is 5.56 Å². The molecule has 1 heterocycles. The molecule has 3 N–H and O–H groups in total. The predicted molar refractivity (Wildman–Crippen MR) is 67.6 cm³/mol. The third kappa shape index (κ3) is 3.28. The molecule has 1 unspecified atom stereocenters. The Labute approximate surface area is 102 Å². The fourth-order valence-corrected chi connectivity index (χ4v) is 2.22. The maximum Gasteiger partial charge on any atom is 0.236 e. The molecule has 1 saturated heterocycles. The molecule has 1 aromatic carbocycles. The molecule has 0 radical (unpaired) electrons. The van der Waals surface area contributed by atoms with Crippen LogP contribution in [0.2, 0.25) is 0 Å². The zero-order valence-electron chi connectivity index (χ0n) is 9.93. The van der Waals surface area contributed by atoms with Crippen LogP contribution in [0.4, 0.5) is 0 Å². The average Bonchev–Trinajstić information content (AvgIpc) is 2.39. The summed E-state index contributed by atoms with van der Waals surface area (Å²) in [6.07, 6.45) is 0.954. The van der Waals surface area contributed by atoms with Crippen LogP contribution in [0.3, 0.4) is 0 Å².